The van der Waals surface area contributed by atoms with Gasteiger partial charge < -0.3 is 10.2 Å². The molecule has 1 aromatic heterocycles. The molecular formula is C17H29N5O. The summed E-state index contributed by atoms with van der Waals surface area (Å²) in [6, 6.07) is 0.658. The average Bonchev–Trinajstić information content (AvgIpc) is 2.89. The third-order valence-corrected chi connectivity index (χ3v) is 5.37. The van der Waals surface area contributed by atoms with Crippen molar-refractivity contribution in [3.63, 3.8) is 0 Å². The minimum Gasteiger partial charge on any atom is -0.342 e. The Labute approximate surface area is 138 Å². The Morgan fingerprint density at radius 3 is 2.43 bits per heavy atom. The van der Waals surface area contributed by atoms with Gasteiger partial charge in [0, 0.05) is 32.1 Å². The average molecular weight is 319 g/mol. The summed E-state index contributed by atoms with van der Waals surface area (Å²) in [7, 11) is 1.94. The van der Waals surface area contributed by atoms with Crippen LogP contribution in [-0.4, -0.2) is 44.7 Å². The van der Waals surface area contributed by atoms with Crippen LogP contribution >= 0.6 is 0 Å². The second kappa shape index (κ2) is 6.99. The molecule has 0 spiro atoms. The summed E-state index contributed by atoms with van der Waals surface area (Å²) >= 11 is 0. The molecule has 0 unspecified atom stereocenters. The van der Waals surface area contributed by atoms with E-state index in [1.807, 2.05) is 11.7 Å². The molecule has 1 saturated carbocycles. The molecule has 0 aromatic carbocycles. The summed E-state index contributed by atoms with van der Waals surface area (Å²) in [6.45, 7) is 6.19. The molecule has 128 valence electrons. The molecule has 0 bridgehead atoms. The molecule has 3 rings (SSSR count). The maximum atomic E-state index is 12.3. The van der Waals surface area contributed by atoms with Crippen LogP contribution in [0.2, 0.25) is 0 Å². The van der Waals surface area contributed by atoms with Gasteiger partial charge in [-0.1, -0.05) is 20.3 Å². The van der Waals surface area contributed by atoms with Crippen molar-refractivity contribution in [3.05, 3.63) is 12.2 Å². The number of nitrogens with zero attached hydrogens (tertiary/aromatic N) is 4. The molecule has 1 amide bonds. The molecule has 0 radical (unpaired) electrons. The van der Waals surface area contributed by atoms with Gasteiger partial charge in [0.25, 0.3) is 0 Å². The van der Waals surface area contributed by atoms with E-state index < -0.39 is 0 Å². The first kappa shape index (κ1) is 16.4. The zero-order valence-corrected chi connectivity index (χ0v) is 14.5. The highest BCUT2D eigenvalue weighted by Crippen LogP contribution is 2.29. The van der Waals surface area contributed by atoms with Gasteiger partial charge in [0.2, 0.25) is 5.91 Å². The number of piperidine rings is 1. The maximum absolute atomic E-state index is 12.3. The van der Waals surface area contributed by atoms with E-state index in [1.54, 1.807) is 6.33 Å². The largest absolute Gasteiger partial charge is 0.342 e. The molecule has 1 aliphatic carbocycles. The molecule has 1 aromatic rings. The zero-order chi connectivity index (χ0) is 16.4. The van der Waals surface area contributed by atoms with Crippen molar-refractivity contribution in [2.75, 3.05) is 13.1 Å². The summed E-state index contributed by atoms with van der Waals surface area (Å²) in [6.07, 6.45) is 7.09. The smallest absolute Gasteiger partial charge is 0.225 e. The molecule has 23 heavy (non-hydrogen) atoms. The van der Waals surface area contributed by atoms with Gasteiger partial charge >= 0.3 is 0 Å². The van der Waals surface area contributed by atoms with Crippen molar-refractivity contribution in [1.29, 1.82) is 0 Å². The third kappa shape index (κ3) is 3.57. The van der Waals surface area contributed by atoms with Crippen LogP contribution in [0.25, 0.3) is 0 Å². The van der Waals surface area contributed by atoms with Gasteiger partial charge in [0.05, 0.1) is 6.04 Å². The Hall–Kier alpha value is -1.43. The Morgan fingerprint density at radius 2 is 1.96 bits per heavy atom. The van der Waals surface area contributed by atoms with Crippen molar-refractivity contribution >= 4 is 5.91 Å². The SMILES string of the molecule is CC(C)[C@H](NC1CCN(C(=O)C2CCC2)CC1)c1ncnn1C. The summed E-state index contributed by atoms with van der Waals surface area (Å²) < 4.78 is 1.85. The fourth-order valence-electron chi connectivity index (χ4n) is 3.59. The van der Waals surface area contributed by atoms with E-state index in [0.29, 0.717) is 23.8 Å². The number of aryl methyl sites for hydroxylation is 1. The molecule has 2 aliphatic rings. The Kier molecular flexibility index (Phi) is 4.99. The van der Waals surface area contributed by atoms with E-state index >= 15 is 0 Å². The Balaban J connectivity index is 1.54. The maximum Gasteiger partial charge on any atom is 0.225 e. The predicted octanol–water partition coefficient (Wildman–Crippen LogP) is 1.89. The van der Waals surface area contributed by atoms with Crippen LogP contribution < -0.4 is 5.32 Å². The number of carbonyl (C=O) groups is 1. The summed E-state index contributed by atoms with van der Waals surface area (Å²) in [5, 5.41) is 7.95. The first-order valence-corrected chi connectivity index (χ1v) is 8.95. The number of hydrogen-bond acceptors (Lipinski definition) is 4. The predicted molar refractivity (Wildman–Crippen MR) is 88.7 cm³/mol. The van der Waals surface area contributed by atoms with Gasteiger partial charge in [-0.3, -0.25) is 9.48 Å². The topological polar surface area (TPSA) is 63.1 Å². The van der Waals surface area contributed by atoms with Gasteiger partial charge in [0.1, 0.15) is 12.2 Å². The van der Waals surface area contributed by atoms with E-state index in [9.17, 15) is 4.79 Å². The highest BCUT2D eigenvalue weighted by Gasteiger charge is 2.32. The number of hydrogen-bond donors (Lipinski definition) is 1. The lowest BCUT2D eigenvalue weighted by molar-refractivity contribution is -0.139. The highest BCUT2D eigenvalue weighted by atomic mass is 16.2. The van der Waals surface area contributed by atoms with Crippen LogP contribution in [0.4, 0.5) is 0 Å². The first-order chi connectivity index (χ1) is 11.1. The summed E-state index contributed by atoms with van der Waals surface area (Å²) in [4.78, 5) is 18.8. The molecule has 1 N–H and O–H groups in total. The quantitative estimate of drug-likeness (QED) is 0.900. The second-order valence-corrected chi connectivity index (χ2v) is 7.36. The van der Waals surface area contributed by atoms with Gasteiger partial charge in [-0.15, -0.1) is 0 Å². The molecule has 1 atom stereocenters. The Morgan fingerprint density at radius 1 is 1.26 bits per heavy atom. The van der Waals surface area contributed by atoms with E-state index in [-0.39, 0.29) is 6.04 Å². The molecule has 6 heteroatoms. The zero-order valence-electron chi connectivity index (χ0n) is 14.5. The van der Waals surface area contributed by atoms with Crippen LogP contribution in [0.5, 0.6) is 0 Å². The Bertz CT molecular complexity index is 529. The summed E-state index contributed by atoms with van der Waals surface area (Å²) in [5.74, 6) is 2.16. The minimum atomic E-state index is 0.210. The van der Waals surface area contributed by atoms with Crippen LogP contribution in [0.3, 0.4) is 0 Å². The van der Waals surface area contributed by atoms with Crippen molar-refractivity contribution in [1.82, 2.24) is 25.0 Å². The van der Waals surface area contributed by atoms with Gasteiger partial charge in [-0.2, -0.15) is 5.10 Å². The summed E-state index contributed by atoms with van der Waals surface area (Å²) in [5.41, 5.74) is 0. The van der Waals surface area contributed by atoms with Crippen molar-refractivity contribution < 1.29 is 4.79 Å². The van der Waals surface area contributed by atoms with Crippen molar-refractivity contribution in [3.8, 4) is 0 Å². The number of likely N-dealkylation sites (tertiary alicyclic amines) is 1. The number of carbonyl (C=O) groups excluding carboxylic acids is 1. The first-order valence-electron chi connectivity index (χ1n) is 8.95. The van der Waals surface area contributed by atoms with Crippen LogP contribution in [-0.2, 0) is 11.8 Å². The lowest BCUT2D eigenvalue weighted by atomic mass is 9.84. The third-order valence-electron chi connectivity index (χ3n) is 5.37. The minimum absolute atomic E-state index is 0.210. The van der Waals surface area contributed by atoms with Gasteiger partial charge in [0.15, 0.2) is 0 Å². The van der Waals surface area contributed by atoms with Gasteiger partial charge in [-0.05, 0) is 31.6 Å². The van der Waals surface area contributed by atoms with E-state index in [0.717, 1.165) is 44.6 Å². The van der Waals surface area contributed by atoms with Gasteiger partial charge in [-0.25, -0.2) is 4.98 Å². The number of rotatable bonds is 5. The lowest BCUT2D eigenvalue weighted by Gasteiger charge is -2.38. The molecule has 2 fully saturated rings. The number of amides is 1. The molecule has 1 saturated heterocycles. The van der Waals surface area contributed by atoms with Crippen LogP contribution in [0.15, 0.2) is 6.33 Å². The number of aromatic nitrogens is 3. The van der Waals surface area contributed by atoms with Crippen LogP contribution in [0.1, 0.15) is 57.8 Å². The number of nitrogens with one attached hydrogen (secondary N) is 1. The van der Waals surface area contributed by atoms with E-state index in [1.165, 1.54) is 6.42 Å². The normalized spacial score (nSPS) is 21.5. The molecule has 6 nitrogen and oxygen atoms in total. The van der Waals surface area contributed by atoms with E-state index in [4.69, 9.17) is 0 Å². The van der Waals surface area contributed by atoms with E-state index in [2.05, 4.69) is 34.1 Å². The second-order valence-electron chi connectivity index (χ2n) is 7.36. The fourth-order valence-corrected chi connectivity index (χ4v) is 3.59. The fraction of sp³-hybridized carbons (Fsp3) is 0.824. The van der Waals surface area contributed by atoms with Crippen molar-refractivity contribution in [2.24, 2.45) is 18.9 Å². The lowest BCUT2D eigenvalue weighted by Crippen LogP contribution is -2.49. The highest BCUT2D eigenvalue weighted by molar-refractivity contribution is 5.79. The standard InChI is InChI=1S/C17H29N5O/c1-12(2)15(16-18-11-19-21(16)3)20-14-7-9-22(10-8-14)17(23)13-5-4-6-13/h11-15,20H,4-10H2,1-3H3/t15-/m0/s1. The monoisotopic (exact) mass is 319 g/mol. The molecule has 1 aliphatic heterocycles. The van der Waals surface area contributed by atoms with Crippen LogP contribution in [0, 0.1) is 11.8 Å². The molecule has 2 heterocycles. The van der Waals surface area contributed by atoms with Crippen molar-refractivity contribution in [2.45, 2.75) is 58.0 Å². The molecular weight excluding hydrogens is 290 g/mol.